The Hall–Kier alpha value is -3.09. The first-order valence-electron chi connectivity index (χ1n) is 10.4. The molecule has 0 atom stereocenters. The molecule has 30 heavy (non-hydrogen) atoms. The fourth-order valence-corrected chi connectivity index (χ4v) is 3.92. The minimum atomic E-state index is -0.254. The van der Waals surface area contributed by atoms with Crippen LogP contribution in [0.3, 0.4) is 0 Å². The summed E-state index contributed by atoms with van der Waals surface area (Å²) in [6.07, 6.45) is 2.03. The summed E-state index contributed by atoms with van der Waals surface area (Å²) in [6, 6.07) is 11.1. The van der Waals surface area contributed by atoms with Crippen molar-refractivity contribution in [2.24, 2.45) is 4.99 Å². The summed E-state index contributed by atoms with van der Waals surface area (Å²) in [5.74, 6) is 2.33. The second-order valence-electron chi connectivity index (χ2n) is 7.76. The molecule has 1 aromatic carbocycles. The summed E-state index contributed by atoms with van der Waals surface area (Å²) in [6.45, 7) is 6.38. The fraction of sp³-hybridized carbons (Fsp3) is 0.391. The van der Waals surface area contributed by atoms with E-state index in [0.29, 0.717) is 18.2 Å². The highest BCUT2D eigenvalue weighted by molar-refractivity contribution is 5.83. The lowest BCUT2D eigenvalue weighted by Crippen LogP contribution is -2.48. The molecule has 0 radical (unpaired) electrons. The number of rotatable bonds is 4. The van der Waals surface area contributed by atoms with Crippen LogP contribution in [0.5, 0.6) is 0 Å². The zero-order valence-electron chi connectivity index (χ0n) is 17.7. The molecule has 1 fully saturated rings. The predicted octanol–water partition coefficient (Wildman–Crippen LogP) is 3.92. The third-order valence-electron chi connectivity index (χ3n) is 5.67. The molecule has 2 N–H and O–H groups in total. The number of piperidine rings is 1. The second-order valence-corrected chi connectivity index (χ2v) is 7.76. The minimum Gasteiger partial charge on any atom is -0.459 e. The molecular weight excluding hydrogens is 381 g/mol. The van der Waals surface area contributed by atoms with E-state index >= 15 is 0 Å². The lowest BCUT2D eigenvalue weighted by molar-refractivity contribution is 0.457. The van der Waals surface area contributed by atoms with Gasteiger partial charge in [0.15, 0.2) is 5.96 Å². The molecule has 0 bridgehead atoms. The average Bonchev–Trinajstić information content (AvgIpc) is 3.06. The van der Waals surface area contributed by atoms with Crippen molar-refractivity contribution >= 4 is 22.7 Å². The van der Waals surface area contributed by atoms with Crippen molar-refractivity contribution in [3.05, 3.63) is 59.2 Å². The lowest BCUT2D eigenvalue weighted by atomic mass is 10.1. The maximum absolute atomic E-state index is 13.5. The molecule has 6 nitrogen and oxygen atoms in total. The summed E-state index contributed by atoms with van der Waals surface area (Å²) < 4.78 is 19.4. The Morgan fingerprint density at radius 3 is 2.77 bits per heavy atom. The first-order valence-corrected chi connectivity index (χ1v) is 10.4. The van der Waals surface area contributed by atoms with Crippen LogP contribution in [-0.2, 0) is 6.54 Å². The van der Waals surface area contributed by atoms with E-state index in [9.17, 15) is 4.39 Å². The monoisotopic (exact) mass is 409 g/mol. The van der Waals surface area contributed by atoms with Gasteiger partial charge in [0.25, 0.3) is 0 Å². The number of aromatic nitrogens is 1. The van der Waals surface area contributed by atoms with Gasteiger partial charge in [-0.15, -0.1) is 0 Å². The molecule has 4 rings (SSSR count). The Labute approximate surface area is 176 Å². The van der Waals surface area contributed by atoms with E-state index < -0.39 is 0 Å². The van der Waals surface area contributed by atoms with Crippen molar-refractivity contribution in [2.45, 2.75) is 39.3 Å². The van der Waals surface area contributed by atoms with E-state index in [2.05, 4.69) is 37.6 Å². The van der Waals surface area contributed by atoms with E-state index in [-0.39, 0.29) is 5.82 Å². The van der Waals surface area contributed by atoms with Crippen molar-refractivity contribution in [3.8, 4) is 0 Å². The van der Waals surface area contributed by atoms with Crippen molar-refractivity contribution in [3.63, 3.8) is 0 Å². The van der Waals surface area contributed by atoms with Gasteiger partial charge in [-0.3, -0.25) is 4.99 Å². The number of hydrogen-bond acceptors (Lipinski definition) is 4. The molecule has 0 unspecified atom stereocenters. The molecule has 1 aliphatic heterocycles. The molecule has 0 saturated carbocycles. The number of fused-ring (bicyclic) bond motifs is 1. The number of pyridine rings is 1. The van der Waals surface area contributed by atoms with E-state index in [4.69, 9.17) is 4.42 Å². The highest BCUT2D eigenvalue weighted by Crippen LogP contribution is 2.26. The van der Waals surface area contributed by atoms with Gasteiger partial charge in [-0.1, -0.05) is 6.07 Å². The van der Waals surface area contributed by atoms with Gasteiger partial charge in [0.2, 0.25) is 0 Å². The standard InChI is InChI=1S/C23H28FN5O/c1-15-5-4-6-22(27-15)29-11-9-18(10-12-29)28-23(25-3)26-14-21-16(2)19-13-17(24)7-8-20(19)30-21/h4-8,13,18H,9-12,14H2,1-3H3,(H2,25,26,28). The van der Waals surface area contributed by atoms with Gasteiger partial charge in [0, 0.05) is 42.8 Å². The summed E-state index contributed by atoms with van der Waals surface area (Å²) >= 11 is 0. The van der Waals surface area contributed by atoms with E-state index in [1.807, 2.05) is 19.9 Å². The van der Waals surface area contributed by atoms with Gasteiger partial charge < -0.3 is 20.0 Å². The van der Waals surface area contributed by atoms with Gasteiger partial charge in [0.1, 0.15) is 23.0 Å². The fourth-order valence-electron chi connectivity index (χ4n) is 3.92. The molecule has 0 aliphatic carbocycles. The highest BCUT2D eigenvalue weighted by Gasteiger charge is 2.21. The van der Waals surface area contributed by atoms with Crippen LogP contribution in [0.15, 0.2) is 45.8 Å². The van der Waals surface area contributed by atoms with Gasteiger partial charge in [-0.25, -0.2) is 9.37 Å². The van der Waals surface area contributed by atoms with Crippen molar-refractivity contribution in [2.75, 3.05) is 25.0 Å². The zero-order chi connectivity index (χ0) is 21.1. The molecule has 1 aliphatic rings. The molecule has 158 valence electrons. The number of hydrogen-bond donors (Lipinski definition) is 2. The number of nitrogens with zero attached hydrogens (tertiary/aromatic N) is 3. The maximum Gasteiger partial charge on any atom is 0.191 e. The third kappa shape index (κ3) is 4.40. The second kappa shape index (κ2) is 8.73. The Morgan fingerprint density at radius 2 is 2.03 bits per heavy atom. The molecular formula is C23H28FN5O. The van der Waals surface area contributed by atoms with Gasteiger partial charge >= 0.3 is 0 Å². The molecule has 1 saturated heterocycles. The first-order chi connectivity index (χ1) is 14.5. The third-order valence-corrected chi connectivity index (χ3v) is 5.67. The number of furan rings is 1. The number of benzene rings is 1. The molecule has 3 aromatic rings. The van der Waals surface area contributed by atoms with Crippen LogP contribution in [0.4, 0.5) is 10.2 Å². The van der Waals surface area contributed by atoms with Crippen LogP contribution in [0.2, 0.25) is 0 Å². The minimum absolute atomic E-state index is 0.254. The van der Waals surface area contributed by atoms with Crippen molar-refractivity contribution < 1.29 is 8.81 Å². The number of aliphatic imine (C=N–C) groups is 1. The molecule has 2 aromatic heterocycles. The number of guanidine groups is 1. The van der Waals surface area contributed by atoms with Crippen molar-refractivity contribution in [1.29, 1.82) is 0 Å². The topological polar surface area (TPSA) is 65.7 Å². The summed E-state index contributed by atoms with van der Waals surface area (Å²) in [5, 5.41) is 7.65. The van der Waals surface area contributed by atoms with Gasteiger partial charge in [0.05, 0.1) is 6.54 Å². The van der Waals surface area contributed by atoms with Crippen LogP contribution >= 0.6 is 0 Å². The maximum atomic E-state index is 13.5. The van der Waals surface area contributed by atoms with Crippen LogP contribution < -0.4 is 15.5 Å². The number of anilines is 1. The smallest absolute Gasteiger partial charge is 0.191 e. The van der Waals surface area contributed by atoms with E-state index in [0.717, 1.165) is 60.1 Å². The Balaban J connectivity index is 1.32. The van der Waals surface area contributed by atoms with Gasteiger partial charge in [-0.2, -0.15) is 0 Å². The Bertz CT molecular complexity index is 1050. The molecule has 0 spiro atoms. The predicted molar refractivity (Wildman–Crippen MR) is 118 cm³/mol. The van der Waals surface area contributed by atoms with Crippen LogP contribution in [0.1, 0.15) is 29.9 Å². The molecule has 7 heteroatoms. The summed E-state index contributed by atoms with van der Waals surface area (Å²) in [7, 11) is 1.77. The van der Waals surface area contributed by atoms with Crippen LogP contribution in [0.25, 0.3) is 11.0 Å². The summed E-state index contributed by atoms with van der Waals surface area (Å²) in [5.41, 5.74) is 2.69. The normalized spacial score (nSPS) is 15.6. The molecule has 0 amide bonds. The number of aryl methyl sites for hydroxylation is 2. The zero-order valence-corrected chi connectivity index (χ0v) is 17.7. The summed E-state index contributed by atoms with van der Waals surface area (Å²) in [4.78, 5) is 11.3. The molecule has 3 heterocycles. The van der Waals surface area contributed by atoms with Gasteiger partial charge in [-0.05, 0) is 57.0 Å². The van der Waals surface area contributed by atoms with E-state index in [1.54, 1.807) is 13.1 Å². The Morgan fingerprint density at radius 1 is 1.23 bits per heavy atom. The largest absolute Gasteiger partial charge is 0.459 e. The van der Waals surface area contributed by atoms with Crippen LogP contribution in [-0.4, -0.2) is 37.1 Å². The average molecular weight is 410 g/mol. The quantitative estimate of drug-likeness (QED) is 0.505. The van der Waals surface area contributed by atoms with Crippen molar-refractivity contribution in [1.82, 2.24) is 15.6 Å². The van der Waals surface area contributed by atoms with Crippen LogP contribution in [0, 0.1) is 19.7 Å². The SMILES string of the molecule is CN=C(NCc1oc2ccc(F)cc2c1C)NC1CCN(c2cccc(C)n2)CC1. The lowest BCUT2D eigenvalue weighted by Gasteiger charge is -2.34. The number of nitrogens with one attached hydrogen (secondary N) is 2. The van der Waals surface area contributed by atoms with E-state index in [1.165, 1.54) is 12.1 Å². The first kappa shape index (κ1) is 20.2. The Kier molecular flexibility index (Phi) is 5.88. The highest BCUT2D eigenvalue weighted by atomic mass is 19.1. The number of halogens is 1.